The second-order valence-electron chi connectivity index (χ2n) is 8.28. The average molecular weight is 537 g/mol. The van der Waals surface area contributed by atoms with E-state index in [1.165, 1.54) is 44.3 Å². The zero-order valence-electron chi connectivity index (χ0n) is 18.5. The Morgan fingerprint density at radius 3 is 2.00 bits per heavy atom. The van der Waals surface area contributed by atoms with Crippen LogP contribution in [0.4, 0.5) is 0 Å². The van der Waals surface area contributed by atoms with Gasteiger partial charge < -0.3 is 15.1 Å². The maximum Gasteiger partial charge on any atom is 0.191 e. The quantitative estimate of drug-likeness (QED) is 0.303. The van der Waals surface area contributed by atoms with Crippen molar-refractivity contribution in [2.75, 3.05) is 46.3 Å². The molecule has 3 heterocycles. The third-order valence-corrected chi connectivity index (χ3v) is 6.37. The third-order valence-electron chi connectivity index (χ3n) is 6.37. The molecule has 2 aliphatic rings. The standard InChI is InChI=1S/C24H35N5O.HI/c1-25-24(27-19-22(23-12-9-17-30-23)29-15-7-8-16-29)26-18-21(28-13-5-6-14-28)20-10-3-2-4-11-20;/h2-4,9-12,17,21-22H,5-8,13-16,18-19H2,1H3,(H2,25,26,27);1H. The number of nitrogens with zero attached hydrogens (tertiary/aromatic N) is 3. The van der Waals surface area contributed by atoms with Crippen molar-refractivity contribution in [3.8, 4) is 0 Å². The van der Waals surface area contributed by atoms with Crippen LogP contribution in [0.2, 0.25) is 0 Å². The molecule has 0 spiro atoms. The monoisotopic (exact) mass is 537 g/mol. The van der Waals surface area contributed by atoms with Crippen LogP contribution in [0, 0.1) is 0 Å². The molecule has 1 aromatic carbocycles. The van der Waals surface area contributed by atoms with Crippen molar-refractivity contribution in [1.29, 1.82) is 0 Å². The van der Waals surface area contributed by atoms with Crippen LogP contribution in [0.3, 0.4) is 0 Å². The molecule has 170 valence electrons. The van der Waals surface area contributed by atoms with Crippen molar-refractivity contribution in [2.24, 2.45) is 4.99 Å². The molecule has 6 nitrogen and oxygen atoms in total. The van der Waals surface area contributed by atoms with Crippen molar-refractivity contribution in [2.45, 2.75) is 37.8 Å². The lowest BCUT2D eigenvalue weighted by atomic mass is 10.1. The van der Waals surface area contributed by atoms with Gasteiger partial charge in [0.2, 0.25) is 0 Å². The number of benzene rings is 1. The fourth-order valence-corrected chi connectivity index (χ4v) is 4.74. The third kappa shape index (κ3) is 6.46. The number of hydrogen-bond acceptors (Lipinski definition) is 4. The number of likely N-dealkylation sites (tertiary alicyclic amines) is 2. The lowest BCUT2D eigenvalue weighted by molar-refractivity contribution is 0.215. The maximum atomic E-state index is 5.75. The van der Waals surface area contributed by atoms with E-state index in [9.17, 15) is 0 Å². The van der Waals surface area contributed by atoms with E-state index in [4.69, 9.17) is 4.42 Å². The number of nitrogens with one attached hydrogen (secondary N) is 2. The minimum atomic E-state index is 0. The highest BCUT2D eigenvalue weighted by molar-refractivity contribution is 14.0. The molecule has 7 heteroatoms. The number of halogens is 1. The fraction of sp³-hybridized carbons (Fsp3) is 0.542. The van der Waals surface area contributed by atoms with Gasteiger partial charge in [-0.1, -0.05) is 30.3 Å². The molecular weight excluding hydrogens is 501 g/mol. The molecule has 4 rings (SSSR count). The van der Waals surface area contributed by atoms with E-state index in [0.29, 0.717) is 6.04 Å². The highest BCUT2D eigenvalue weighted by atomic mass is 127. The molecule has 0 amide bonds. The lowest BCUT2D eigenvalue weighted by Gasteiger charge is -2.30. The Kier molecular flexibility index (Phi) is 9.67. The van der Waals surface area contributed by atoms with Crippen LogP contribution in [0.5, 0.6) is 0 Å². The predicted octanol–water partition coefficient (Wildman–Crippen LogP) is 4.04. The van der Waals surface area contributed by atoms with E-state index in [1.807, 2.05) is 13.1 Å². The zero-order valence-corrected chi connectivity index (χ0v) is 20.8. The van der Waals surface area contributed by atoms with Gasteiger partial charge in [0, 0.05) is 20.1 Å². The molecule has 0 saturated carbocycles. The molecule has 2 aliphatic heterocycles. The molecule has 2 aromatic rings. The minimum Gasteiger partial charge on any atom is -0.468 e. The summed E-state index contributed by atoms with van der Waals surface area (Å²) in [7, 11) is 1.85. The Labute approximate surface area is 203 Å². The molecule has 2 saturated heterocycles. The number of aliphatic imine (C=N–C) groups is 1. The summed E-state index contributed by atoms with van der Waals surface area (Å²) in [5.41, 5.74) is 1.37. The van der Waals surface area contributed by atoms with Crippen molar-refractivity contribution in [3.05, 3.63) is 60.1 Å². The van der Waals surface area contributed by atoms with Gasteiger partial charge in [-0.15, -0.1) is 24.0 Å². The molecule has 1 aromatic heterocycles. The molecule has 0 radical (unpaired) electrons. The highest BCUT2D eigenvalue weighted by Crippen LogP contribution is 2.26. The molecule has 2 unspecified atom stereocenters. The molecule has 2 N–H and O–H groups in total. The molecule has 2 fully saturated rings. The van der Waals surface area contributed by atoms with Gasteiger partial charge in [-0.3, -0.25) is 14.8 Å². The summed E-state index contributed by atoms with van der Waals surface area (Å²) in [6, 6.07) is 15.5. The summed E-state index contributed by atoms with van der Waals surface area (Å²) < 4.78 is 5.75. The molecule has 2 atom stereocenters. The second kappa shape index (κ2) is 12.5. The number of rotatable bonds is 8. The lowest BCUT2D eigenvalue weighted by Crippen LogP contribution is -2.45. The van der Waals surface area contributed by atoms with Crippen LogP contribution in [0.25, 0.3) is 0 Å². The Hall–Kier alpha value is -1.58. The zero-order chi connectivity index (χ0) is 20.6. The summed E-state index contributed by atoms with van der Waals surface area (Å²) in [5.74, 6) is 1.88. The molecule has 0 bridgehead atoms. The highest BCUT2D eigenvalue weighted by Gasteiger charge is 2.26. The molecular formula is C24H36IN5O. The van der Waals surface area contributed by atoms with Gasteiger partial charge in [-0.05, 0) is 69.6 Å². The topological polar surface area (TPSA) is 56.0 Å². The van der Waals surface area contributed by atoms with E-state index in [-0.39, 0.29) is 30.0 Å². The van der Waals surface area contributed by atoms with E-state index in [2.05, 4.69) is 61.8 Å². The predicted molar refractivity (Wildman–Crippen MR) is 137 cm³/mol. The summed E-state index contributed by atoms with van der Waals surface area (Å²) in [5, 5.41) is 7.14. The first-order valence-corrected chi connectivity index (χ1v) is 11.4. The van der Waals surface area contributed by atoms with E-state index in [0.717, 1.165) is 37.9 Å². The smallest absolute Gasteiger partial charge is 0.191 e. The van der Waals surface area contributed by atoms with E-state index < -0.39 is 0 Å². The van der Waals surface area contributed by atoms with E-state index >= 15 is 0 Å². The Morgan fingerprint density at radius 2 is 1.45 bits per heavy atom. The van der Waals surface area contributed by atoms with E-state index in [1.54, 1.807) is 6.26 Å². The number of hydrogen-bond donors (Lipinski definition) is 2. The molecule has 0 aliphatic carbocycles. The molecule has 31 heavy (non-hydrogen) atoms. The van der Waals surface area contributed by atoms with Crippen LogP contribution >= 0.6 is 24.0 Å². The average Bonchev–Trinajstić information content (AvgIpc) is 3.57. The van der Waals surface area contributed by atoms with Crippen LogP contribution in [-0.2, 0) is 0 Å². The van der Waals surface area contributed by atoms with Gasteiger partial charge in [0.25, 0.3) is 0 Å². The Balaban J connectivity index is 0.00000272. The van der Waals surface area contributed by atoms with Gasteiger partial charge in [0.05, 0.1) is 18.3 Å². The second-order valence-corrected chi connectivity index (χ2v) is 8.28. The Bertz CT molecular complexity index is 771. The van der Waals surface area contributed by atoms with Crippen molar-refractivity contribution in [3.63, 3.8) is 0 Å². The first-order chi connectivity index (χ1) is 14.8. The SMILES string of the molecule is CN=C(NCC(c1ccccc1)N1CCCC1)NCC(c1ccco1)N1CCCC1.I. The van der Waals surface area contributed by atoms with Gasteiger partial charge in [0.15, 0.2) is 5.96 Å². The first kappa shape index (κ1) is 24.1. The summed E-state index contributed by atoms with van der Waals surface area (Å²) in [6.45, 7) is 6.23. The largest absolute Gasteiger partial charge is 0.468 e. The van der Waals surface area contributed by atoms with Crippen molar-refractivity contribution < 1.29 is 4.42 Å². The van der Waals surface area contributed by atoms with Gasteiger partial charge >= 0.3 is 0 Å². The minimum absolute atomic E-state index is 0. The van der Waals surface area contributed by atoms with Crippen molar-refractivity contribution in [1.82, 2.24) is 20.4 Å². The van der Waals surface area contributed by atoms with Crippen LogP contribution < -0.4 is 10.6 Å². The Morgan fingerprint density at radius 1 is 0.871 bits per heavy atom. The summed E-state index contributed by atoms with van der Waals surface area (Å²) >= 11 is 0. The fourth-order valence-electron chi connectivity index (χ4n) is 4.74. The normalized spacial score (nSPS) is 19.7. The summed E-state index contributed by atoms with van der Waals surface area (Å²) in [4.78, 5) is 9.59. The number of guanidine groups is 1. The summed E-state index contributed by atoms with van der Waals surface area (Å²) in [6.07, 6.45) is 6.87. The maximum absolute atomic E-state index is 5.75. The van der Waals surface area contributed by atoms with Crippen LogP contribution in [0.15, 0.2) is 58.1 Å². The van der Waals surface area contributed by atoms with Gasteiger partial charge in [-0.2, -0.15) is 0 Å². The van der Waals surface area contributed by atoms with Gasteiger partial charge in [0.1, 0.15) is 5.76 Å². The number of furan rings is 1. The van der Waals surface area contributed by atoms with Crippen LogP contribution in [0.1, 0.15) is 49.1 Å². The van der Waals surface area contributed by atoms with Crippen molar-refractivity contribution >= 4 is 29.9 Å². The van der Waals surface area contributed by atoms with Gasteiger partial charge in [-0.25, -0.2) is 0 Å². The van der Waals surface area contributed by atoms with Crippen LogP contribution in [-0.4, -0.2) is 62.1 Å². The first-order valence-electron chi connectivity index (χ1n) is 11.4.